The van der Waals surface area contributed by atoms with Gasteiger partial charge in [-0.25, -0.2) is 4.98 Å². The Morgan fingerprint density at radius 1 is 1.38 bits per heavy atom. The van der Waals surface area contributed by atoms with Crippen LogP contribution in [0.3, 0.4) is 0 Å². The molecule has 0 aromatic carbocycles. The van der Waals surface area contributed by atoms with Crippen LogP contribution >= 0.6 is 22.7 Å². The summed E-state index contributed by atoms with van der Waals surface area (Å²) in [4.78, 5) is 35.1. The SMILES string of the molecule is Cc1nc(C)c(C(=O)C2=C(O)C(=O)N(CCN(C)C)[C@H]2c2cccs2)s1. The fourth-order valence-electron chi connectivity index (χ4n) is 3.03. The Labute approximate surface area is 160 Å². The van der Waals surface area contributed by atoms with Crippen LogP contribution in [0.2, 0.25) is 0 Å². The number of aromatic nitrogens is 1. The van der Waals surface area contributed by atoms with Crippen molar-refractivity contribution >= 4 is 34.4 Å². The molecule has 0 aliphatic carbocycles. The molecule has 26 heavy (non-hydrogen) atoms. The number of thiazole rings is 1. The normalized spacial score (nSPS) is 17.7. The number of aliphatic hydroxyl groups excluding tert-OH is 1. The minimum Gasteiger partial charge on any atom is -0.503 e. The van der Waals surface area contributed by atoms with Gasteiger partial charge in [0.1, 0.15) is 0 Å². The summed E-state index contributed by atoms with van der Waals surface area (Å²) >= 11 is 2.76. The zero-order valence-electron chi connectivity index (χ0n) is 15.1. The number of likely N-dealkylation sites (N-methyl/N-ethyl adjacent to an activating group) is 1. The van der Waals surface area contributed by atoms with Gasteiger partial charge in [-0.2, -0.15) is 0 Å². The molecule has 138 valence electrons. The number of amides is 1. The lowest BCUT2D eigenvalue weighted by molar-refractivity contribution is -0.129. The first-order valence-corrected chi connectivity index (χ1v) is 9.91. The van der Waals surface area contributed by atoms with Gasteiger partial charge >= 0.3 is 0 Å². The summed E-state index contributed by atoms with van der Waals surface area (Å²) in [6, 6.07) is 3.22. The summed E-state index contributed by atoms with van der Waals surface area (Å²) in [5, 5.41) is 13.2. The Balaban J connectivity index is 2.04. The molecule has 0 spiro atoms. The van der Waals surface area contributed by atoms with Crippen LogP contribution in [0, 0.1) is 13.8 Å². The first-order chi connectivity index (χ1) is 12.3. The molecule has 3 heterocycles. The number of ketones is 1. The number of carbonyl (C=O) groups excluding carboxylic acids is 2. The van der Waals surface area contributed by atoms with Gasteiger partial charge in [0.25, 0.3) is 5.91 Å². The molecule has 3 rings (SSSR count). The Bertz CT molecular complexity index is 868. The highest BCUT2D eigenvalue weighted by molar-refractivity contribution is 7.14. The first kappa shape index (κ1) is 18.8. The second-order valence-electron chi connectivity index (χ2n) is 6.46. The van der Waals surface area contributed by atoms with Gasteiger partial charge in [0.15, 0.2) is 5.76 Å². The fraction of sp³-hybridized carbons (Fsp3) is 0.389. The molecule has 1 N–H and O–H groups in total. The first-order valence-electron chi connectivity index (χ1n) is 8.22. The van der Waals surface area contributed by atoms with E-state index in [1.54, 1.807) is 11.8 Å². The minimum absolute atomic E-state index is 0.156. The molecular weight excluding hydrogens is 370 g/mol. The number of carbonyl (C=O) groups is 2. The van der Waals surface area contributed by atoms with E-state index in [1.165, 1.54) is 22.7 Å². The molecule has 2 aromatic rings. The molecule has 6 nitrogen and oxygen atoms in total. The van der Waals surface area contributed by atoms with Crippen molar-refractivity contribution in [1.82, 2.24) is 14.8 Å². The summed E-state index contributed by atoms with van der Waals surface area (Å²) in [7, 11) is 3.84. The van der Waals surface area contributed by atoms with Crippen LogP contribution in [0.5, 0.6) is 0 Å². The second kappa shape index (κ2) is 7.30. The smallest absolute Gasteiger partial charge is 0.290 e. The van der Waals surface area contributed by atoms with E-state index >= 15 is 0 Å². The van der Waals surface area contributed by atoms with Crippen molar-refractivity contribution in [3.05, 3.63) is 49.3 Å². The Morgan fingerprint density at radius 2 is 2.12 bits per heavy atom. The van der Waals surface area contributed by atoms with E-state index in [4.69, 9.17) is 0 Å². The molecule has 0 bridgehead atoms. The van der Waals surface area contributed by atoms with Gasteiger partial charge in [-0.05, 0) is 39.4 Å². The number of hydrogen-bond acceptors (Lipinski definition) is 7. The van der Waals surface area contributed by atoms with Crippen LogP contribution in [0.25, 0.3) is 0 Å². The van der Waals surface area contributed by atoms with Crippen molar-refractivity contribution in [2.24, 2.45) is 0 Å². The van der Waals surface area contributed by atoms with Crippen molar-refractivity contribution in [3.63, 3.8) is 0 Å². The molecule has 0 unspecified atom stereocenters. The molecule has 0 fully saturated rings. The average Bonchev–Trinajstić information content (AvgIpc) is 3.26. The number of nitrogens with zero attached hydrogens (tertiary/aromatic N) is 3. The van der Waals surface area contributed by atoms with E-state index in [1.807, 2.05) is 43.4 Å². The van der Waals surface area contributed by atoms with Crippen LogP contribution in [0.4, 0.5) is 0 Å². The highest BCUT2D eigenvalue weighted by Crippen LogP contribution is 2.41. The highest BCUT2D eigenvalue weighted by atomic mass is 32.1. The monoisotopic (exact) mass is 391 g/mol. The van der Waals surface area contributed by atoms with E-state index in [0.717, 1.165) is 9.88 Å². The fourth-order valence-corrected chi connectivity index (χ4v) is 4.75. The molecule has 1 aliphatic heterocycles. The van der Waals surface area contributed by atoms with Crippen molar-refractivity contribution in [2.75, 3.05) is 27.2 Å². The third-order valence-electron chi connectivity index (χ3n) is 4.26. The molecule has 0 saturated carbocycles. The topological polar surface area (TPSA) is 73.7 Å². The maximum atomic E-state index is 13.2. The average molecular weight is 392 g/mol. The van der Waals surface area contributed by atoms with E-state index < -0.39 is 17.7 Å². The largest absolute Gasteiger partial charge is 0.503 e. The molecule has 8 heteroatoms. The van der Waals surface area contributed by atoms with Crippen LogP contribution in [-0.2, 0) is 4.79 Å². The number of hydrogen-bond donors (Lipinski definition) is 1. The summed E-state index contributed by atoms with van der Waals surface area (Å²) in [6.07, 6.45) is 0. The highest BCUT2D eigenvalue weighted by Gasteiger charge is 2.44. The molecule has 2 aromatic heterocycles. The van der Waals surface area contributed by atoms with Gasteiger partial charge in [-0.15, -0.1) is 22.7 Å². The van der Waals surface area contributed by atoms with Gasteiger partial charge in [-0.3, -0.25) is 9.59 Å². The van der Waals surface area contributed by atoms with Gasteiger partial charge < -0.3 is 14.9 Å². The van der Waals surface area contributed by atoms with Crippen LogP contribution < -0.4 is 0 Å². The van der Waals surface area contributed by atoms with Gasteiger partial charge in [0, 0.05) is 18.0 Å². The maximum Gasteiger partial charge on any atom is 0.290 e. The van der Waals surface area contributed by atoms with Crippen molar-refractivity contribution < 1.29 is 14.7 Å². The molecule has 0 radical (unpaired) electrons. The number of aliphatic hydroxyl groups is 1. The summed E-state index contributed by atoms with van der Waals surface area (Å²) in [5.74, 6) is -1.25. The van der Waals surface area contributed by atoms with Crippen LogP contribution in [0.1, 0.15) is 31.3 Å². The minimum atomic E-state index is -0.559. The number of Topliss-reactive ketones (excluding diaryl/α,β-unsaturated/α-hetero) is 1. The number of aryl methyl sites for hydroxylation is 2. The maximum absolute atomic E-state index is 13.2. The van der Waals surface area contributed by atoms with Crippen molar-refractivity contribution in [2.45, 2.75) is 19.9 Å². The molecular formula is C18H21N3O3S2. The summed E-state index contributed by atoms with van der Waals surface area (Å²) in [6.45, 7) is 4.68. The van der Waals surface area contributed by atoms with E-state index in [0.29, 0.717) is 23.7 Å². The Hall–Kier alpha value is -2.03. The predicted molar refractivity (Wildman–Crippen MR) is 103 cm³/mol. The summed E-state index contributed by atoms with van der Waals surface area (Å²) < 4.78 is 0. The molecule has 1 aliphatic rings. The van der Waals surface area contributed by atoms with Gasteiger partial charge in [-0.1, -0.05) is 6.07 Å². The predicted octanol–water partition coefficient (Wildman–Crippen LogP) is 2.96. The second-order valence-corrected chi connectivity index (χ2v) is 8.64. The zero-order valence-corrected chi connectivity index (χ0v) is 16.8. The lowest BCUT2D eigenvalue weighted by Gasteiger charge is -2.26. The zero-order chi connectivity index (χ0) is 19.0. The van der Waals surface area contributed by atoms with E-state index in [-0.39, 0.29) is 11.4 Å². The van der Waals surface area contributed by atoms with E-state index in [2.05, 4.69) is 4.98 Å². The van der Waals surface area contributed by atoms with Crippen molar-refractivity contribution in [1.29, 1.82) is 0 Å². The van der Waals surface area contributed by atoms with Crippen LogP contribution in [0.15, 0.2) is 28.8 Å². The number of rotatable bonds is 6. The molecule has 1 atom stereocenters. The van der Waals surface area contributed by atoms with Gasteiger partial charge in [0.05, 0.1) is 27.2 Å². The Kier molecular flexibility index (Phi) is 5.27. The van der Waals surface area contributed by atoms with E-state index in [9.17, 15) is 14.7 Å². The van der Waals surface area contributed by atoms with Crippen LogP contribution in [-0.4, -0.2) is 58.8 Å². The molecule has 1 amide bonds. The molecule has 0 saturated heterocycles. The summed E-state index contributed by atoms with van der Waals surface area (Å²) in [5.41, 5.74) is 0.782. The van der Waals surface area contributed by atoms with Gasteiger partial charge in [0.2, 0.25) is 5.78 Å². The third-order valence-corrected chi connectivity index (χ3v) is 6.26. The number of thiophene rings is 1. The Morgan fingerprint density at radius 3 is 2.65 bits per heavy atom. The lowest BCUT2D eigenvalue weighted by Crippen LogP contribution is -2.36. The standard InChI is InChI=1S/C18H21N3O3S2/c1-10-17(26-11(2)19-10)15(22)13-14(12-6-5-9-25-12)21(8-7-20(3)4)18(24)16(13)23/h5-6,9,14,23H,7-8H2,1-4H3/t14-/m0/s1. The lowest BCUT2D eigenvalue weighted by atomic mass is 10.0. The quantitative estimate of drug-likeness (QED) is 0.767. The van der Waals surface area contributed by atoms with Crippen molar-refractivity contribution in [3.8, 4) is 0 Å². The third kappa shape index (κ3) is 3.32.